The Morgan fingerprint density at radius 2 is 2.19 bits per heavy atom. The fourth-order valence-electron chi connectivity index (χ4n) is 0.760. The van der Waals surface area contributed by atoms with Crippen LogP contribution in [0.2, 0.25) is 0 Å². The number of rotatable bonds is 4. The Kier molecular flexibility index (Phi) is 5.01. The molecule has 1 rings (SSSR count). The molecule has 0 saturated heterocycles. The largest absolute Gasteiger partial charge is 0.331 e. The molecule has 90 valence electrons. The monoisotopic (exact) mass is 260 g/mol. The standard InChI is InChI=1S/C9H16N4OS2/c1-6(2)5-15-9-12-11-7(16-9)10-8(14)13(3)4/h6H,5H2,1-4H3,(H,10,11,14). The van der Waals surface area contributed by atoms with Gasteiger partial charge in [0.2, 0.25) is 5.13 Å². The summed E-state index contributed by atoms with van der Waals surface area (Å²) in [6.07, 6.45) is 0. The summed E-state index contributed by atoms with van der Waals surface area (Å²) in [5, 5.41) is 11.1. The average molecular weight is 260 g/mol. The van der Waals surface area contributed by atoms with Gasteiger partial charge in [0, 0.05) is 19.8 Å². The first-order valence-electron chi connectivity index (χ1n) is 4.93. The van der Waals surface area contributed by atoms with Crippen LogP contribution in [0.3, 0.4) is 0 Å². The number of anilines is 1. The van der Waals surface area contributed by atoms with Crippen molar-refractivity contribution in [3.63, 3.8) is 0 Å². The van der Waals surface area contributed by atoms with Gasteiger partial charge in [-0.25, -0.2) is 4.79 Å². The molecule has 0 bridgehead atoms. The van der Waals surface area contributed by atoms with Crippen molar-refractivity contribution in [2.45, 2.75) is 18.2 Å². The fraction of sp³-hybridized carbons (Fsp3) is 0.667. The van der Waals surface area contributed by atoms with E-state index < -0.39 is 0 Å². The third-order valence-corrected chi connectivity index (χ3v) is 3.97. The SMILES string of the molecule is CC(C)CSc1nnc(NC(=O)N(C)C)s1. The maximum atomic E-state index is 11.3. The lowest BCUT2D eigenvalue weighted by atomic mass is 10.3. The highest BCUT2D eigenvalue weighted by Gasteiger charge is 2.09. The molecule has 0 radical (unpaired) electrons. The number of urea groups is 1. The van der Waals surface area contributed by atoms with Crippen molar-refractivity contribution in [2.75, 3.05) is 25.2 Å². The molecule has 5 nitrogen and oxygen atoms in total. The number of hydrogen-bond acceptors (Lipinski definition) is 5. The van der Waals surface area contributed by atoms with E-state index in [-0.39, 0.29) is 6.03 Å². The van der Waals surface area contributed by atoms with Gasteiger partial charge in [-0.2, -0.15) is 0 Å². The van der Waals surface area contributed by atoms with Gasteiger partial charge in [-0.3, -0.25) is 5.32 Å². The summed E-state index contributed by atoms with van der Waals surface area (Å²) < 4.78 is 0.891. The second-order valence-corrected chi connectivity index (χ2v) is 6.15. The molecule has 1 aromatic rings. The smallest absolute Gasteiger partial charge is 0.323 e. The van der Waals surface area contributed by atoms with Gasteiger partial charge < -0.3 is 4.90 Å². The van der Waals surface area contributed by atoms with E-state index >= 15 is 0 Å². The van der Waals surface area contributed by atoms with Crippen LogP contribution in [0, 0.1) is 5.92 Å². The van der Waals surface area contributed by atoms with Crippen molar-refractivity contribution in [3.05, 3.63) is 0 Å². The Hall–Kier alpha value is -0.820. The zero-order valence-electron chi connectivity index (χ0n) is 9.85. The Morgan fingerprint density at radius 1 is 1.50 bits per heavy atom. The second kappa shape index (κ2) is 6.05. The van der Waals surface area contributed by atoms with Gasteiger partial charge in [-0.15, -0.1) is 10.2 Å². The summed E-state index contributed by atoms with van der Waals surface area (Å²) in [6, 6.07) is -0.184. The van der Waals surface area contributed by atoms with Gasteiger partial charge in [0.25, 0.3) is 0 Å². The summed E-state index contributed by atoms with van der Waals surface area (Å²) in [5.74, 6) is 1.63. The number of nitrogens with one attached hydrogen (secondary N) is 1. The summed E-state index contributed by atoms with van der Waals surface area (Å²) >= 11 is 3.07. The van der Waals surface area contributed by atoms with Crippen molar-refractivity contribution < 1.29 is 4.79 Å². The molecule has 1 heterocycles. The van der Waals surface area contributed by atoms with Crippen molar-refractivity contribution in [1.82, 2.24) is 15.1 Å². The van der Waals surface area contributed by atoms with Gasteiger partial charge >= 0.3 is 6.03 Å². The molecule has 1 N–H and O–H groups in total. The third-order valence-electron chi connectivity index (χ3n) is 1.57. The molecule has 16 heavy (non-hydrogen) atoms. The van der Waals surface area contributed by atoms with Crippen LogP contribution in [-0.2, 0) is 0 Å². The number of nitrogens with zero attached hydrogens (tertiary/aromatic N) is 3. The molecule has 1 aromatic heterocycles. The molecule has 0 aromatic carbocycles. The minimum atomic E-state index is -0.184. The summed E-state index contributed by atoms with van der Waals surface area (Å²) in [5.41, 5.74) is 0. The van der Waals surface area contributed by atoms with Crippen LogP contribution < -0.4 is 5.32 Å². The van der Waals surface area contributed by atoms with E-state index in [1.165, 1.54) is 16.2 Å². The normalized spacial score (nSPS) is 10.6. The first kappa shape index (κ1) is 13.2. The van der Waals surface area contributed by atoms with Crippen LogP contribution in [0.1, 0.15) is 13.8 Å². The molecular formula is C9H16N4OS2. The van der Waals surface area contributed by atoms with Crippen molar-refractivity contribution >= 4 is 34.3 Å². The number of aromatic nitrogens is 2. The Balaban J connectivity index is 2.48. The van der Waals surface area contributed by atoms with Crippen LogP contribution in [-0.4, -0.2) is 41.0 Å². The van der Waals surface area contributed by atoms with Gasteiger partial charge in [0.1, 0.15) is 0 Å². The van der Waals surface area contributed by atoms with E-state index in [4.69, 9.17) is 0 Å². The lowest BCUT2D eigenvalue weighted by Crippen LogP contribution is -2.27. The number of carbonyl (C=O) groups excluding carboxylic acids is 1. The first-order valence-corrected chi connectivity index (χ1v) is 6.74. The highest BCUT2D eigenvalue weighted by molar-refractivity contribution is 8.01. The lowest BCUT2D eigenvalue weighted by molar-refractivity contribution is 0.230. The molecule has 0 atom stereocenters. The van der Waals surface area contributed by atoms with Crippen LogP contribution in [0.4, 0.5) is 9.93 Å². The minimum Gasteiger partial charge on any atom is -0.331 e. The maximum Gasteiger partial charge on any atom is 0.323 e. The Labute approximate surface area is 104 Å². The zero-order chi connectivity index (χ0) is 12.1. The molecule has 7 heteroatoms. The molecule has 0 fully saturated rings. The molecule has 0 saturated carbocycles. The van der Waals surface area contributed by atoms with E-state index in [1.807, 2.05) is 0 Å². The van der Waals surface area contributed by atoms with Crippen molar-refractivity contribution in [1.29, 1.82) is 0 Å². The fourth-order valence-corrected chi connectivity index (χ4v) is 2.48. The zero-order valence-corrected chi connectivity index (χ0v) is 11.5. The average Bonchev–Trinajstić information content (AvgIpc) is 2.62. The molecule has 0 aliphatic carbocycles. The highest BCUT2D eigenvalue weighted by Crippen LogP contribution is 2.26. The predicted octanol–water partition coefficient (Wildman–Crippen LogP) is 2.38. The number of carbonyl (C=O) groups is 1. The summed E-state index contributed by atoms with van der Waals surface area (Å²) in [4.78, 5) is 12.8. The maximum absolute atomic E-state index is 11.3. The van der Waals surface area contributed by atoms with Gasteiger partial charge in [-0.05, 0) is 5.92 Å². The Bertz CT molecular complexity index is 351. The molecule has 2 amide bonds. The van der Waals surface area contributed by atoms with E-state index in [0.717, 1.165) is 10.1 Å². The number of thioether (sulfide) groups is 1. The Morgan fingerprint density at radius 3 is 2.75 bits per heavy atom. The van der Waals surface area contributed by atoms with Crippen LogP contribution in [0.25, 0.3) is 0 Å². The summed E-state index contributed by atoms with van der Waals surface area (Å²) in [7, 11) is 3.37. The van der Waals surface area contributed by atoms with Crippen LogP contribution in [0.5, 0.6) is 0 Å². The molecule has 0 aliphatic heterocycles. The molecular weight excluding hydrogens is 244 g/mol. The van der Waals surface area contributed by atoms with Gasteiger partial charge in [0.05, 0.1) is 0 Å². The molecule has 0 aliphatic rings. The number of hydrogen-bond donors (Lipinski definition) is 1. The lowest BCUT2D eigenvalue weighted by Gasteiger charge is -2.08. The molecule has 0 spiro atoms. The minimum absolute atomic E-state index is 0.184. The van der Waals surface area contributed by atoms with Gasteiger partial charge in [0.15, 0.2) is 4.34 Å². The van der Waals surface area contributed by atoms with E-state index in [0.29, 0.717) is 11.0 Å². The van der Waals surface area contributed by atoms with Gasteiger partial charge in [-0.1, -0.05) is 36.9 Å². The van der Waals surface area contributed by atoms with Crippen LogP contribution in [0.15, 0.2) is 4.34 Å². The first-order chi connectivity index (χ1) is 7.49. The quantitative estimate of drug-likeness (QED) is 0.667. The van der Waals surface area contributed by atoms with Crippen molar-refractivity contribution in [3.8, 4) is 0 Å². The number of amides is 2. The highest BCUT2D eigenvalue weighted by atomic mass is 32.2. The van der Waals surface area contributed by atoms with E-state index in [9.17, 15) is 4.79 Å². The van der Waals surface area contributed by atoms with E-state index in [1.54, 1.807) is 25.9 Å². The van der Waals surface area contributed by atoms with Crippen LogP contribution >= 0.6 is 23.1 Å². The van der Waals surface area contributed by atoms with E-state index in [2.05, 4.69) is 29.4 Å². The summed E-state index contributed by atoms with van der Waals surface area (Å²) in [6.45, 7) is 4.31. The third kappa shape index (κ3) is 4.36. The predicted molar refractivity (Wildman–Crippen MR) is 68.2 cm³/mol. The van der Waals surface area contributed by atoms with Crippen molar-refractivity contribution in [2.24, 2.45) is 5.92 Å². The second-order valence-electron chi connectivity index (χ2n) is 3.90. The topological polar surface area (TPSA) is 58.1 Å². The molecule has 0 unspecified atom stereocenters.